The molecular weight excluding hydrogens is 244 g/mol. The molecule has 103 valence electrons. The first-order valence-electron chi connectivity index (χ1n) is 6.56. The third kappa shape index (κ3) is 3.96. The third-order valence-corrected chi connectivity index (χ3v) is 3.39. The average Bonchev–Trinajstić information content (AvgIpc) is 2.46. The molecule has 2 rings (SSSR count). The van der Waals surface area contributed by atoms with Gasteiger partial charge in [0, 0.05) is 0 Å². The zero-order valence-electron chi connectivity index (χ0n) is 11.3. The Morgan fingerprint density at radius 1 is 1.16 bits per heavy atom. The molecule has 1 aliphatic carbocycles. The van der Waals surface area contributed by atoms with Crippen LogP contribution in [0.3, 0.4) is 0 Å². The topological polar surface area (TPSA) is 44.8 Å². The number of carbonyl (C=O) groups is 1. The Kier molecular flexibility index (Phi) is 4.80. The van der Waals surface area contributed by atoms with Crippen LogP contribution in [0.5, 0.6) is 5.75 Å². The van der Waals surface area contributed by atoms with E-state index in [-0.39, 0.29) is 0 Å². The largest absolute Gasteiger partial charge is 0.497 e. The molecule has 0 aliphatic heterocycles. The van der Waals surface area contributed by atoms with Crippen LogP contribution in [-0.2, 0) is 9.78 Å². The first-order chi connectivity index (χ1) is 9.19. The molecule has 0 N–H and O–H groups in total. The molecule has 0 atom stereocenters. The Bertz CT molecular complexity index is 405. The summed E-state index contributed by atoms with van der Waals surface area (Å²) >= 11 is 0. The number of hydrogen-bond donors (Lipinski definition) is 0. The highest BCUT2D eigenvalue weighted by molar-refractivity contribution is 5.89. The van der Waals surface area contributed by atoms with Crippen LogP contribution < -0.4 is 4.74 Å². The molecule has 0 spiro atoms. The van der Waals surface area contributed by atoms with E-state index in [1.165, 1.54) is 0 Å². The summed E-state index contributed by atoms with van der Waals surface area (Å²) in [6, 6.07) is 6.73. The molecule has 0 heterocycles. The fourth-order valence-corrected chi connectivity index (χ4v) is 2.04. The molecule has 1 fully saturated rings. The van der Waals surface area contributed by atoms with E-state index in [2.05, 4.69) is 6.92 Å². The van der Waals surface area contributed by atoms with Crippen LogP contribution in [0.2, 0.25) is 0 Å². The second-order valence-corrected chi connectivity index (χ2v) is 4.90. The van der Waals surface area contributed by atoms with Crippen molar-refractivity contribution in [3.63, 3.8) is 0 Å². The Morgan fingerprint density at radius 2 is 1.79 bits per heavy atom. The second-order valence-electron chi connectivity index (χ2n) is 4.90. The van der Waals surface area contributed by atoms with Gasteiger partial charge in [-0.2, -0.15) is 4.89 Å². The second kappa shape index (κ2) is 6.57. The normalized spacial score (nSPS) is 17.2. The zero-order valence-corrected chi connectivity index (χ0v) is 11.3. The van der Waals surface area contributed by atoms with Crippen molar-refractivity contribution in [2.45, 2.75) is 32.6 Å². The van der Waals surface area contributed by atoms with E-state index >= 15 is 0 Å². The molecule has 4 heteroatoms. The maximum absolute atomic E-state index is 11.7. The van der Waals surface area contributed by atoms with Crippen molar-refractivity contribution in [1.29, 1.82) is 0 Å². The summed E-state index contributed by atoms with van der Waals surface area (Å²) < 4.78 is 5.03. The minimum absolute atomic E-state index is 0.450. The molecule has 1 aliphatic rings. The van der Waals surface area contributed by atoms with Gasteiger partial charge in [0.05, 0.1) is 12.7 Å². The number of methoxy groups -OCH3 is 1. The van der Waals surface area contributed by atoms with Crippen LogP contribution in [0.1, 0.15) is 43.0 Å². The van der Waals surface area contributed by atoms with E-state index in [0.29, 0.717) is 11.3 Å². The molecule has 1 radical (unpaired) electrons. The van der Waals surface area contributed by atoms with Crippen molar-refractivity contribution in [2.75, 3.05) is 7.11 Å². The van der Waals surface area contributed by atoms with Crippen LogP contribution in [-0.4, -0.2) is 13.1 Å². The van der Waals surface area contributed by atoms with E-state index in [1.54, 1.807) is 31.4 Å². The summed E-state index contributed by atoms with van der Waals surface area (Å²) in [7, 11) is 1.58. The molecule has 1 saturated carbocycles. The fraction of sp³-hybridized carbons (Fsp3) is 0.467. The van der Waals surface area contributed by atoms with Gasteiger partial charge < -0.3 is 4.74 Å². The Hall–Kier alpha value is -1.55. The summed E-state index contributed by atoms with van der Waals surface area (Å²) in [5.74, 6) is 0.950. The molecular formula is C15H19O4. The van der Waals surface area contributed by atoms with Gasteiger partial charge in [-0.25, -0.2) is 4.79 Å². The summed E-state index contributed by atoms with van der Waals surface area (Å²) in [4.78, 5) is 21.7. The fourth-order valence-electron chi connectivity index (χ4n) is 2.04. The summed E-state index contributed by atoms with van der Waals surface area (Å²) in [6.07, 6.45) is 4.79. The average molecular weight is 263 g/mol. The van der Waals surface area contributed by atoms with Crippen LogP contribution >= 0.6 is 0 Å². The van der Waals surface area contributed by atoms with Gasteiger partial charge in [-0.05, 0) is 55.9 Å². The maximum atomic E-state index is 11.7. The van der Waals surface area contributed by atoms with Gasteiger partial charge in [-0.3, -0.25) is 4.89 Å². The lowest BCUT2D eigenvalue weighted by Gasteiger charge is -2.23. The predicted octanol–water partition coefficient (Wildman–Crippen LogP) is 3.53. The highest BCUT2D eigenvalue weighted by Gasteiger charge is 2.22. The number of ether oxygens (including phenoxy) is 1. The van der Waals surface area contributed by atoms with Crippen LogP contribution in [0, 0.1) is 12.0 Å². The number of hydrogen-bond acceptors (Lipinski definition) is 4. The van der Waals surface area contributed by atoms with E-state index in [9.17, 15) is 4.79 Å². The van der Waals surface area contributed by atoms with Crippen molar-refractivity contribution in [3.05, 3.63) is 35.9 Å². The number of benzene rings is 1. The smallest absolute Gasteiger partial charge is 0.373 e. The van der Waals surface area contributed by atoms with Crippen LogP contribution in [0.15, 0.2) is 24.3 Å². The minimum atomic E-state index is -0.478. The highest BCUT2D eigenvalue weighted by atomic mass is 17.2. The molecule has 0 amide bonds. The van der Waals surface area contributed by atoms with Gasteiger partial charge in [0.1, 0.15) is 11.9 Å². The quantitative estimate of drug-likeness (QED) is 0.616. The van der Waals surface area contributed by atoms with Crippen LogP contribution in [0.25, 0.3) is 0 Å². The Morgan fingerprint density at radius 3 is 2.37 bits per heavy atom. The molecule has 1 aromatic carbocycles. The lowest BCUT2D eigenvalue weighted by molar-refractivity contribution is -0.240. The standard InChI is InChI=1S/C15H19O4/c1-11-3-7-14(8-4-11)18-19-15(16)12-5-9-13(17-2)10-6-12/h5-6,9-11H,3-4,7-8H2,1-2H3. The van der Waals surface area contributed by atoms with E-state index < -0.39 is 5.97 Å². The van der Waals surface area contributed by atoms with Gasteiger partial charge in [-0.15, -0.1) is 0 Å². The molecule has 0 aromatic heterocycles. The lowest BCUT2D eigenvalue weighted by atomic mass is 9.89. The van der Waals surface area contributed by atoms with Gasteiger partial charge in [0.2, 0.25) is 0 Å². The molecule has 0 saturated heterocycles. The predicted molar refractivity (Wildman–Crippen MR) is 70.4 cm³/mol. The third-order valence-electron chi connectivity index (χ3n) is 3.39. The first kappa shape index (κ1) is 13.9. The summed E-state index contributed by atoms with van der Waals surface area (Å²) in [5.41, 5.74) is 0.450. The van der Waals surface area contributed by atoms with E-state index in [1.807, 2.05) is 0 Å². The molecule has 1 aromatic rings. The van der Waals surface area contributed by atoms with Crippen LogP contribution in [0.4, 0.5) is 0 Å². The maximum Gasteiger partial charge on any atom is 0.373 e. The Labute approximate surface area is 113 Å². The van der Waals surface area contributed by atoms with Crippen molar-refractivity contribution in [2.24, 2.45) is 5.92 Å². The first-order valence-corrected chi connectivity index (χ1v) is 6.56. The van der Waals surface area contributed by atoms with Gasteiger partial charge in [-0.1, -0.05) is 6.92 Å². The van der Waals surface area contributed by atoms with Gasteiger partial charge in [0.15, 0.2) is 0 Å². The molecule has 0 unspecified atom stereocenters. The van der Waals surface area contributed by atoms with E-state index in [0.717, 1.165) is 37.7 Å². The summed E-state index contributed by atoms with van der Waals surface area (Å²) in [5, 5.41) is 0. The van der Waals surface area contributed by atoms with Gasteiger partial charge in [0.25, 0.3) is 0 Å². The monoisotopic (exact) mass is 263 g/mol. The SMILES string of the molecule is COc1ccc(C(=O)OO[C]2CCC(C)CC2)cc1. The molecule has 4 nitrogen and oxygen atoms in total. The summed E-state index contributed by atoms with van der Waals surface area (Å²) in [6.45, 7) is 2.22. The number of rotatable bonds is 4. The van der Waals surface area contributed by atoms with Crippen molar-refractivity contribution in [1.82, 2.24) is 0 Å². The lowest BCUT2D eigenvalue weighted by Crippen LogP contribution is -2.16. The Balaban J connectivity index is 1.80. The zero-order chi connectivity index (χ0) is 13.7. The van der Waals surface area contributed by atoms with Crippen molar-refractivity contribution in [3.8, 4) is 5.75 Å². The minimum Gasteiger partial charge on any atom is -0.497 e. The molecule has 19 heavy (non-hydrogen) atoms. The number of carbonyl (C=O) groups excluding carboxylic acids is 1. The molecule has 0 bridgehead atoms. The highest BCUT2D eigenvalue weighted by Crippen LogP contribution is 2.30. The van der Waals surface area contributed by atoms with Crippen molar-refractivity contribution < 1.29 is 19.3 Å². The van der Waals surface area contributed by atoms with Gasteiger partial charge >= 0.3 is 5.97 Å². The van der Waals surface area contributed by atoms with Crippen molar-refractivity contribution >= 4 is 5.97 Å². The van der Waals surface area contributed by atoms with E-state index in [4.69, 9.17) is 14.5 Å².